The van der Waals surface area contributed by atoms with Crippen LogP contribution in [0.4, 0.5) is 8.78 Å². The fourth-order valence-corrected chi connectivity index (χ4v) is 3.20. The van der Waals surface area contributed by atoms with Gasteiger partial charge in [0.1, 0.15) is 11.6 Å². The maximum atomic E-state index is 13.8. The zero-order chi connectivity index (χ0) is 16.0. The molecule has 6 nitrogen and oxygen atoms in total. The quantitative estimate of drug-likeness (QED) is 0.800. The molecule has 0 unspecified atom stereocenters. The van der Waals surface area contributed by atoms with Crippen LogP contribution in [0.15, 0.2) is 24.4 Å². The van der Waals surface area contributed by atoms with Crippen molar-refractivity contribution >= 4 is 5.91 Å². The van der Waals surface area contributed by atoms with Crippen LogP contribution in [0.1, 0.15) is 28.5 Å². The number of carbonyl (C=O) groups is 1. The smallest absolute Gasteiger partial charge is 0.257 e. The number of hydrogen-bond acceptors (Lipinski definition) is 4. The summed E-state index contributed by atoms with van der Waals surface area (Å²) in [7, 11) is 0. The van der Waals surface area contributed by atoms with E-state index in [4.69, 9.17) is 4.74 Å². The number of aromatic nitrogens is 3. The molecule has 1 aromatic carbocycles. The molecule has 2 atom stereocenters. The van der Waals surface area contributed by atoms with E-state index >= 15 is 0 Å². The van der Waals surface area contributed by atoms with Crippen molar-refractivity contribution < 1.29 is 18.3 Å². The maximum Gasteiger partial charge on any atom is 0.257 e. The number of hydrogen-bond donors (Lipinski definition) is 0. The van der Waals surface area contributed by atoms with Crippen LogP contribution in [-0.4, -0.2) is 45.0 Å². The van der Waals surface area contributed by atoms with Crippen LogP contribution < -0.4 is 0 Å². The SMILES string of the molecule is O=C(c1cc(F)ccc1F)N1CC[C@H]2OCc3cnnn3[C@H]2C1. The molecule has 0 aliphatic carbocycles. The van der Waals surface area contributed by atoms with Crippen LogP contribution >= 0.6 is 0 Å². The second-order valence-electron chi connectivity index (χ2n) is 5.75. The molecule has 2 aliphatic rings. The van der Waals surface area contributed by atoms with Gasteiger partial charge in [-0.1, -0.05) is 5.21 Å². The Kier molecular flexibility index (Phi) is 3.33. The summed E-state index contributed by atoms with van der Waals surface area (Å²) in [4.78, 5) is 14.0. The van der Waals surface area contributed by atoms with E-state index in [0.29, 0.717) is 26.1 Å². The van der Waals surface area contributed by atoms with Gasteiger partial charge in [0.25, 0.3) is 5.91 Å². The molecule has 0 radical (unpaired) electrons. The van der Waals surface area contributed by atoms with E-state index < -0.39 is 17.5 Å². The Labute approximate surface area is 130 Å². The lowest BCUT2D eigenvalue weighted by atomic mass is 9.99. The van der Waals surface area contributed by atoms with Gasteiger partial charge in [-0.2, -0.15) is 0 Å². The average molecular weight is 320 g/mol. The minimum atomic E-state index is -0.722. The van der Waals surface area contributed by atoms with Crippen molar-refractivity contribution in [1.29, 1.82) is 0 Å². The number of halogens is 2. The summed E-state index contributed by atoms with van der Waals surface area (Å²) < 4.78 is 34.7. The first kappa shape index (κ1) is 14.3. The molecule has 0 N–H and O–H groups in total. The normalized spacial score (nSPS) is 23.3. The van der Waals surface area contributed by atoms with Crippen LogP contribution in [-0.2, 0) is 11.3 Å². The molecule has 120 valence electrons. The lowest BCUT2D eigenvalue weighted by Gasteiger charge is -2.41. The van der Waals surface area contributed by atoms with E-state index in [0.717, 1.165) is 23.9 Å². The number of rotatable bonds is 1. The number of carbonyl (C=O) groups excluding carboxylic acids is 1. The Hall–Kier alpha value is -2.35. The fraction of sp³-hybridized carbons (Fsp3) is 0.400. The Morgan fingerprint density at radius 3 is 3.09 bits per heavy atom. The first-order chi connectivity index (χ1) is 11.1. The van der Waals surface area contributed by atoms with Crippen molar-refractivity contribution in [3.8, 4) is 0 Å². The van der Waals surface area contributed by atoms with Gasteiger partial charge in [0.2, 0.25) is 0 Å². The molecule has 23 heavy (non-hydrogen) atoms. The van der Waals surface area contributed by atoms with Gasteiger partial charge in [-0.15, -0.1) is 5.10 Å². The third-order valence-corrected chi connectivity index (χ3v) is 4.37. The molecule has 0 saturated carbocycles. The number of nitrogens with zero attached hydrogens (tertiary/aromatic N) is 4. The first-order valence-corrected chi connectivity index (χ1v) is 7.38. The van der Waals surface area contributed by atoms with Gasteiger partial charge in [0.15, 0.2) is 0 Å². The molecule has 1 fully saturated rings. The summed E-state index contributed by atoms with van der Waals surface area (Å²) in [5.74, 6) is -1.88. The van der Waals surface area contributed by atoms with E-state index in [-0.39, 0.29) is 17.7 Å². The maximum absolute atomic E-state index is 13.8. The van der Waals surface area contributed by atoms with Gasteiger partial charge in [0.05, 0.1) is 36.2 Å². The Morgan fingerprint density at radius 2 is 2.22 bits per heavy atom. The predicted octanol–water partition coefficient (Wildman–Crippen LogP) is 1.54. The molecule has 2 aromatic rings. The van der Waals surface area contributed by atoms with Crippen LogP contribution in [0.3, 0.4) is 0 Å². The minimum Gasteiger partial charge on any atom is -0.370 e. The van der Waals surface area contributed by atoms with Crippen LogP contribution in [0.5, 0.6) is 0 Å². The van der Waals surface area contributed by atoms with Crippen molar-refractivity contribution in [1.82, 2.24) is 19.9 Å². The van der Waals surface area contributed by atoms with Crippen molar-refractivity contribution in [3.05, 3.63) is 47.3 Å². The number of ether oxygens (including phenoxy) is 1. The van der Waals surface area contributed by atoms with Crippen LogP contribution in [0.25, 0.3) is 0 Å². The van der Waals surface area contributed by atoms with E-state index in [1.807, 2.05) is 0 Å². The van der Waals surface area contributed by atoms with Gasteiger partial charge >= 0.3 is 0 Å². The summed E-state index contributed by atoms with van der Waals surface area (Å²) >= 11 is 0. The van der Waals surface area contributed by atoms with Gasteiger partial charge < -0.3 is 9.64 Å². The molecule has 8 heteroatoms. The van der Waals surface area contributed by atoms with E-state index in [1.165, 1.54) is 4.90 Å². The number of benzene rings is 1. The summed E-state index contributed by atoms with van der Waals surface area (Å²) in [6.45, 7) is 1.20. The zero-order valence-corrected chi connectivity index (χ0v) is 12.2. The zero-order valence-electron chi connectivity index (χ0n) is 12.2. The van der Waals surface area contributed by atoms with Crippen LogP contribution in [0, 0.1) is 11.6 Å². The third-order valence-electron chi connectivity index (χ3n) is 4.37. The molecular weight excluding hydrogens is 306 g/mol. The van der Waals surface area contributed by atoms with Crippen molar-refractivity contribution in [2.45, 2.75) is 25.2 Å². The molecule has 0 spiro atoms. The Morgan fingerprint density at radius 1 is 1.35 bits per heavy atom. The van der Waals surface area contributed by atoms with E-state index in [9.17, 15) is 13.6 Å². The molecule has 1 saturated heterocycles. The van der Waals surface area contributed by atoms with Gasteiger partial charge in [0, 0.05) is 13.1 Å². The predicted molar refractivity (Wildman–Crippen MR) is 74.5 cm³/mol. The van der Waals surface area contributed by atoms with Gasteiger partial charge in [-0.25, -0.2) is 13.5 Å². The highest BCUT2D eigenvalue weighted by atomic mass is 19.1. The molecular formula is C15H14F2N4O2. The highest BCUT2D eigenvalue weighted by Crippen LogP contribution is 2.30. The standard InChI is InChI=1S/C15H14F2N4O2/c16-9-1-2-12(17)11(5-9)15(22)20-4-3-14-13(7-20)21-10(8-23-14)6-18-19-21/h1-2,5-6,13-14H,3-4,7-8H2/t13-,14+/m0/s1. The summed E-state index contributed by atoms with van der Waals surface area (Å²) in [5.41, 5.74) is 0.594. The third kappa shape index (κ3) is 2.39. The molecule has 2 aliphatic heterocycles. The van der Waals surface area contributed by atoms with Gasteiger partial charge in [-0.3, -0.25) is 4.79 Å². The second-order valence-corrected chi connectivity index (χ2v) is 5.75. The molecule has 0 bridgehead atoms. The highest BCUT2D eigenvalue weighted by molar-refractivity contribution is 5.94. The summed E-state index contributed by atoms with van der Waals surface area (Å²) in [5, 5.41) is 7.92. The lowest BCUT2D eigenvalue weighted by Crippen LogP contribution is -2.50. The second kappa shape index (κ2) is 5.38. The largest absolute Gasteiger partial charge is 0.370 e. The van der Waals surface area contributed by atoms with Crippen LogP contribution in [0.2, 0.25) is 0 Å². The van der Waals surface area contributed by atoms with Crippen molar-refractivity contribution in [2.24, 2.45) is 0 Å². The van der Waals surface area contributed by atoms with E-state index in [1.54, 1.807) is 10.9 Å². The minimum absolute atomic E-state index is 0.0504. The molecule has 3 heterocycles. The topological polar surface area (TPSA) is 60.3 Å². The Balaban J connectivity index is 1.60. The lowest BCUT2D eigenvalue weighted by molar-refractivity contribution is -0.0605. The van der Waals surface area contributed by atoms with E-state index in [2.05, 4.69) is 10.3 Å². The monoisotopic (exact) mass is 320 g/mol. The first-order valence-electron chi connectivity index (χ1n) is 7.38. The Bertz CT molecular complexity index is 764. The number of fused-ring (bicyclic) bond motifs is 3. The molecule has 1 amide bonds. The molecule has 1 aromatic heterocycles. The summed E-state index contributed by atoms with van der Waals surface area (Å²) in [6, 6.07) is 2.74. The highest BCUT2D eigenvalue weighted by Gasteiger charge is 2.38. The number of amides is 1. The van der Waals surface area contributed by atoms with Crippen molar-refractivity contribution in [2.75, 3.05) is 13.1 Å². The fourth-order valence-electron chi connectivity index (χ4n) is 3.20. The van der Waals surface area contributed by atoms with Gasteiger partial charge in [-0.05, 0) is 24.6 Å². The number of piperidine rings is 1. The number of likely N-dealkylation sites (tertiary alicyclic amines) is 1. The van der Waals surface area contributed by atoms with Crippen molar-refractivity contribution in [3.63, 3.8) is 0 Å². The molecule has 4 rings (SSSR count). The summed E-state index contributed by atoms with van der Waals surface area (Å²) in [6.07, 6.45) is 2.20. The average Bonchev–Trinajstić information content (AvgIpc) is 3.05.